The first kappa shape index (κ1) is 20.6. The molecule has 0 radical (unpaired) electrons. The first-order valence-corrected chi connectivity index (χ1v) is 9.23. The van der Waals surface area contributed by atoms with Crippen molar-refractivity contribution in [2.45, 2.75) is 19.1 Å². The lowest BCUT2D eigenvalue weighted by Crippen LogP contribution is -2.33. The molecule has 3 aromatic rings. The smallest absolute Gasteiger partial charge is 0.410 e. The monoisotopic (exact) mass is 448 g/mol. The van der Waals surface area contributed by atoms with Gasteiger partial charge in [-0.2, -0.15) is 18.3 Å². The number of fused-ring (bicyclic) bond motifs is 1. The van der Waals surface area contributed by atoms with Crippen LogP contribution in [0, 0.1) is 6.57 Å². The van der Waals surface area contributed by atoms with Crippen LogP contribution >= 0.6 is 11.6 Å². The van der Waals surface area contributed by atoms with Crippen molar-refractivity contribution >= 4 is 23.0 Å². The van der Waals surface area contributed by atoms with Crippen LogP contribution < -0.4 is 15.2 Å². The molecule has 158 valence electrons. The lowest BCUT2D eigenvalue weighted by molar-refractivity contribution is -0.137. The average Bonchev–Trinajstić information content (AvgIpc) is 2.74. The zero-order valence-electron chi connectivity index (χ0n) is 15.6. The highest BCUT2D eigenvalue weighted by Gasteiger charge is 2.38. The van der Waals surface area contributed by atoms with Gasteiger partial charge in [0.15, 0.2) is 0 Å². The van der Waals surface area contributed by atoms with Gasteiger partial charge < -0.3 is 9.64 Å². The Kier molecular flexibility index (Phi) is 5.24. The predicted molar refractivity (Wildman–Crippen MR) is 104 cm³/mol. The van der Waals surface area contributed by atoms with Crippen molar-refractivity contribution in [2.75, 3.05) is 11.4 Å². The Labute approximate surface area is 178 Å². The second-order valence-electron chi connectivity index (χ2n) is 6.54. The highest BCUT2D eigenvalue weighted by Crippen LogP contribution is 2.44. The SMILES string of the molecule is [C-]#[N+]c1cccc(Oc2ncnc3c2CCN(c2cn[nH]c(=O)c2Cl)C3)c1C(F)(F)F. The van der Waals surface area contributed by atoms with E-state index in [-0.39, 0.29) is 17.4 Å². The summed E-state index contributed by atoms with van der Waals surface area (Å²) in [5.74, 6) is -0.529. The number of hydrogen-bond acceptors (Lipinski definition) is 6. The predicted octanol–water partition coefficient (Wildman–Crippen LogP) is 4.14. The third-order valence-electron chi connectivity index (χ3n) is 4.70. The van der Waals surface area contributed by atoms with Gasteiger partial charge in [-0.05, 0) is 12.5 Å². The van der Waals surface area contributed by atoms with Crippen LogP contribution in [0.5, 0.6) is 11.6 Å². The molecule has 0 bridgehead atoms. The van der Waals surface area contributed by atoms with Gasteiger partial charge in [0.1, 0.15) is 22.7 Å². The molecular formula is C19H12ClF3N6O2. The first-order valence-electron chi connectivity index (χ1n) is 8.86. The van der Waals surface area contributed by atoms with Crippen LogP contribution in [-0.4, -0.2) is 26.7 Å². The molecule has 31 heavy (non-hydrogen) atoms. The molecule has 0 atom stereocenters. The quantitative estimate of drug-likeness (QED) is 0.606. The molecule has 0 amide bonds. The van der Waals surface area contributed by atoms with Crippen LogP contribution in [-0.2, 0) is 19.1 Å². The minimum atomic E-state index is -4.77. The number of alkyl halides is 3. The normalized spacial score (nSPS) is 13.5. The number of nitrogens with one attached hydrogen (secondary N) is 1. The van der Waals surface area contributed by atoms with Crippen LogP contribution in [0.3, 0.4) is 0 Å². The summed E-state index contributed by atoms with van der Waals surface area (Å²) in [5, 5.41) is 5.97. The Morgan fingerprint density at radius 3 is 2.84 bits per heavy atom. The summed E-state index contributed by atoms with van der Waals surface area (Å²) in [4.78, 5) is 24.7. The number of aromatic nitrogens is 4. The second-order valence-corrected chi connectivity index (χ2v) is 6.91. The molecule has 0 unspecified atom stereocenters. The summed E-state index contributed by atoms with van der Waals surface area (Å²) in [5.41, 5.74) is -0.777. The molecule has 0 fully saturated rings. The molecule has 1 aliphatic heterocycles. The number of ether oxygens (including phenoxy) is 1. The van der Waals surface area contributed by atoms with E-state index in [0.717, 1.165) is 12.1 Å². The maximum atomic E-state index is 13.5. The summed E-state index contributed by atoms with van der Waals surface area (Å²) >= 11 is 6.07. The fraction of sp³-hybridized carbons (Fsp3) is 0.211. The van der Waals surface area contributed by atoms with Crippen LogP contribution in [0.25, 0.3) is 4.85 Å². The average molecular weight is 449 g/mol. The van der Waals surface area contributed by atoms with Crippen LogP contribution in [0.15, 0.2) is 35.5 Å². The van der Waals surface area contributed by atoms with Crippen molar-refractivity contribution in [1.29, 1.82) is 0 Å². The Morgan fingerprint density at radius 2 is 2.10 bits per heavy atom. The summed E-state index contributed by atoms with van der Waals surface area (Å²) in [6.45, 7) is 7.64. The number of anilines is 1. The van der Waals surface area contributed by atoms with Gasteiger partial charge in [0, 0.05) is 12.1 Å². The number of hydrogen-bond donors (Lipinski definition) is 1. The van der Waals surface area contributed by atoms with Gasteiger partial charge in [0.05, 0.1) is 30.7 Å². The molecule has 0 saturated heterocycles. The lowest BCUT2D eigenvalue weighted by atomic mass is 10.1. The molecule has 0 aliphatic carbocycles. The molecular weight excluding hydrogens is 437 g/mol. The minimum Gasteiger partial charge on any atom is -0.439 e. The van der Waals surface area contributed by atoms with Crippen molar-refractivity contribution in [1.82, 2.24) is 20.2 Å². The maximum absolute atomic E-state index is 13.5. The van der Waals surface area contributed by atoms with Gasteiger partial charge in [0.25, 0.3) is 5.56 Å². The van der Waals surface area contributed by atoms with Crippen molar-refractivity contribution in [2.24, 2.45) is 0 Å². The maximum Gasteiger partial charge on any atom is 0.410 e. The van der Waals surface area contributed by atoms with Gasteiger partial charge in [-0.25, -0.2) is 19.9 Å². The molecule has 1 N–H and O–H groups in total. The molecule has 1 aromatic carbocycles. The Hall–Kier alpha value is -3.65. The molecule has 8 nitrogen and oxygen atoms in total. The third kappa shape index (κ3) is 3.89. The Balaban J connectivity index is 1.69. The van der Waals surface area contributed by atoms with E-state index >= 15 is 0 Å². The second kappa shape index (κ2) is 7.88. The first-order chi connectivity index (χ1) is 14.8. The molecule has 3 heterocycles. The van der Waals surface area contributed by atoms with Crippen LogP contribution in [0.4, 0.5) is 24.5 Å². The zero-order chi connectivity index (χ0) is 22.2. The fourth-order valence-electron chi connectivity index (χ4n) is 3.30. The van der Waals surface area contributed by atoms with Gasteiger partial charge in [0.2, 0.25) is 11.6 Å². The lowest BCUT2D eigenvalue weighted by Gasteiger charge is -2.30. The summed E-state index contributed by atoms with van der Waals surface area (Å²) in [6.07, 6.45) is -1.84. The number of aromatic amines is 1. The summed E-state index contributed by atoms with van der Waals surface area (Å²) in [7, 11) is 0. The standard InChI is InChI=1S/C19H12ClF3N6O2/c1-24-11-3-2-4-14(15(11)19(21,22)23)31-18-10-5-6-29(8-12(10)25-9-26-18)13-7-27-28-17(30)16(13)20/h2-4,7,9H,5-6,8H2,(H,28,30). The highest BCUT2D eigenvalue weighted by atomic mass is 35.5. The number of halogens is 4. The van der Waals surface area contributed by atoms with Gasteiger partial charge in [-0.3, -0.25) is 4.79 Å². The van der Waals surface area contributed by atoms with Gasteiger partial charge >= 0.3 is 6.18 Å². The third-order valence-corrected chi connectivity index (χ3v) is 5.07. The van der Waals surface area contributed by atoms with Gasteiger partial charge in [-0.15, -0.1) is 0 Å². The van der Waals surface area contributed by atoms with E-state index in [1.54, 1.807) is 4.90 Å². The van der Waals surface area contributed by atoms with E-state index in [9.17, 15) is 18.0 Å². The van der Waals surface area contributed by atoms with E-state index in [2.05, 4.69) is 25.0 Å². The molecule has 1 aliphatic rings. The summed E-state index contributed by atoms with van der Waals surface area (Å²) < 4.78 is 46.1. The molecule has 0 spiro atoms. The van der Waals surface area contributed by atoms with E-state index in [0.29, 0.717) is 29.9 Å². The molecule has 2 aromatic heterocycles. The van der Waals surface area contributed by atoms with Crippen molar-refractivity contribution in [3.05, 3.63) is 74.3 Å². The van der Waals surface area contributed by atoms with E-state index in [4.69, 9.17) is 22.9 Å². The number of rotatable bonds is 3. The Bertz CT molecular complexity index is 1250. The zero-order valence-corrected chi connectivity index (χ0v) is 16.3. The minimum absolute atomic E-state index is 0.0187. The van der Waals surface area contributed by atoms with E-state index < -0.39 is 28.7 Å². The highest BCUT2D eigenvalue weighted by molar-refractivity contribution is 6.33. The van der Waals surface area contributed by atoms with E-state index in [1.165, 1.54) is 18.6 Å². The molecule has 12 heteroatoms. The van der Waals surface area contributed by atoms with Crippen LogP contribution in [0.2, 0.25) is 5.02 Å². The van der Waals surface area contributed by atoms with Crippen molar-refractivity contribution < 1.29 is 17.9 Å². The van der Waals surface area contributed by atoms with Crippen molar-refractivity contribution in [3.8, 4) is 11.6 Å². The fourth-order valence-corrected chi connectivity index (χ4v) is 3.51. The molecule has 4 rings (SSSR count). The number of benzene rings is 1. The van der Waals surface area contributed by atoms with Crippen LogP contribution in [0.1, 0.15) is 16.8 Å². The number of nitrogens with zero attached hydrogens (tertiary/aromatic N) is 5. The topological polar surface area (TPSA) is 88.4 Å². The number of H-pyrrole nitrogens is 1. The molecule has 0 saturated carbocycles. The van der Waals surface area contributed by atoms with E-state index in [1.807, 2.05) is 0 Å². The Morgan fingerprint density at radius 1 is 1.29 bits per heavy atom. The largest absolute Gasteiger partial charge is 0.439 e. The van der Waals surface area contributed by atoms with Gasteiger partial charge in [-0.1, -0.05) is 23.7 Å². The van der Waals surface area contributed by atoms with Crippen molar-refractivity contribution in [3.63, 3.8) is 0 Å². The summed E-state index contributed by atoms with van der Waals surface area (Å²) in [6, 6.07) is 3.54.